The van der Waals surface area contributed by atoms with Crippen LogP contribution in [0.5, 0.6) is 6.01 Å². The van der Waals surface area contributed by atoms with Gasteiger partial charge in [0.25, 0.3) is 0 Å². The lowest BCUT2D eigenvalue weighted by Crippen LogP contribution is -2.40. The summed E-state index contributed by atoms with van der Waals surface area (Å²) in [5.41, 5.74) is 5.95. The number of ketones is 1. The van der Waals surface area contributed by atoms with Gasteiger partial charge in [0, 0.05) is 31.3 Å². The SMILES string of the molecule is CCCCOc1nc(N)c2[nH]c(=O)n(CCCC(=O)CCC(=O)NC(C)(C)C)c2n1. The lowest BCUT2D eigenvalue weighted by atomic mass is 10.1. The molecule has 0 saturated carbocycles. The van der Waals surface area contributed by atoms with Gasteiger partial charge in [-0.05, 0) is 33.6 Å². The minimum Gasteiger partial charge on any atom is -0.463 e. The Bertz CT molecular complexity index is 941. The van der Waals surface area contributed by atoms with E-state index >= 15 is 0 Å². The van der Waals surface area contributed by atoms with Crippen LogP contribution in [0.25, 0.3) is 11.2 Å². The van der Waals surface area contributed by atoms with Crippen LogP contribution in [0.3, 0.4) is 0 Å². The number of rotatable bonds is 11. The van der Waals surface area contributed by atoms with Crippen molar-refractivity contribution in [1.29, 1.82) is 0 Å². The highest BCUT2D eigenvalue weighted by Crippen LogP contribution is 2.18. The molecule has 0 atom stereocenters. The van der Waals surface area contributed by atoms with Crippen LogP contribution in [0.2, 0.25) is 0 Å². The maximum atomic E-state index is 12.3. The van der Waals surface area contributed by atoms with Crippen LogP contribution in [0.15, 0.2) is 4.79 Å². The molecule has 0 unspecified atom stereocenters. The summed E-state index contributed by atoms with van der Waals surface area (Å²) in [5.74, 6) is -0.0283. The molecule has 10 nitrogen and oxygen atoms in total. The number of aromatic amines is 1. The highest BCUT2D eigenvalue weighted by molar-refractivity contribution is 5.85. The summed E-state index contributed by atoms with van der Waals surface area (Å²) in [6, 6.07) is 0.127. The van der Waals surface area contributed by atoms with Crippen molar-refractivity contribution in [3.63, 3.8) is 0 Å². The molecule has 0 fully saturated rings. The van der Waals surface area contributed by atoms with E-state index in [9.17, 15) is 14.4 Å². The fourth-order valence-corrected chi connectivity index (χ4v) is 2.90. The van der Waals surface area contributed by atoms with Crippen molar-refractivity contribution in [2.45, 2.75) is 78.3 Å². The molecule has 0 aromatic carbocycles. The third kappa shape index (κ3) is 6.85. The number of nitrogens with two attached hydrogens (primary N) is 1. The van der Waals surface area contributed by atoms with Gasteiger partial charge in [-0.1, -0.05) is 13.3 Å². The second-order valence-corrected chi connectivity index (χ2v) is 8.31. The van der Waals surface area contributed by atoms with Crippen molar-refractivity contribution >= 4 is 28.7 Å². The van der Waals surface area contributed by atoms with Gasteiger partial charge >= 0.3 is 11.7 Å². The molecule has 0 aliphatic carbocycles. The number of nitrogen functional groups attached to an aromatic ring is 1. The fraction of sp³-hybridized carbons (Fsp3) is 0.650. The van der Waals surface area contributed by atoms with Gasteiger partial charge in [0.05, 0.1) is 6.61 Å². The monoisotopic (exact) mass is 420 g/mol. The number of unbranched alkanes of at least 4 members (excludes halogenated alkanes) is 1. The molecule has 2 rings (SSSR count). The molecule has 1 amide bonds. The number of nitrogens with zero attached hydrogens (tertiary/aromatic N) is 3. The molecule has 0 aliphatic heterocycles. The van der Waals surface area contributed by atoms with Gasteiger partial charge < -0.3 is 20.8 Å². The third-order valence-electron chi connectivity index (χ3n) is 4.34. The van der Waals surface area contributed by atoms with Crippen LogP contribution in [0, 0.1) is 0 Å². The Labute approximate surface area is 175 Å². The van der Waals surface area contributed by atoms with Crippen LogP contribution >= 0.6 is 0 Å². The van der Waals surface area contributed by atoms with Crippen LogP contribution in [-0.4, -0.2) is 43.4 Å². The van der Waals surface area contributed by atoms with E-state index < -0.39 is 0 Å². The Kier molecular flexibility index (Phi) is 7.96. The summed E-state index contributed by atoms with van der Waals surface area (Å²) in [5, 5.41) is 2.83. The zero-order valence-corrected chi connectivity index (χ0v) is 18.2. The number of Topliss-reactive ketones (excluding diaryl/α,β-unsaturated/α-hetero) is 1. The summed E-state index contributed by atoms with van der Waals surface area (Å²) >= 11 is 0. The number of fused-ring (bicyclic) bond motifs is 1. The smallest absolute Gasteiger partial charge is 0.327 e. The maximum absolute atomic E-state index is 12.3. The lowest BCUT2D eigenvalue weighted by molar-refractivity contribution is -0.126. The molecule has 0 bridgehead atoms. The van der Waals surface area contributed by atoms with Gasteiger partial charge in [0.15, 0.2) is 11.5 Å². The minimum atomic E-state index is -0.367. The number of H-pyrrole nitrogens is 1. The summed E-state index contributed by atoms with van der Waals surface area (Å²) in [7, 11) is 0. The Balaban J connectivity index is 1.95. The average Bonchev–Trinajstić information content (AvgIpc) is 2.95. The molecule has 4 N–H and O–H groups in total. The summed E-state index contributed by atoms with van der Waals surface area (Å²) < 4.78 is 6.94. The van der Waals surface area contributed by atoms with Crippen molar-refractivity contribution in [2.75, 3.05) is 12.3 Å². The van der Waals surface area contributed by atoms with Crippen molar-refractivity contribution in [1.82, 2.24) is 24.8 Å². The molecule has 0 aliphatic rings. The standard InChI is InChI=1S/C20H32N6O4/c1-5-6-12-30-18-23-16(21)15-17(24-18)26(19(29)22-15)11-7-8-13(27)9-10-14(28)25-20(2,3)4/h5-12H2,1-4H3,(H,22,29)(H,25,28)(H2,21,23,24). The van der Waals surface area contributed by atoms with E-state index in [0.717, 1.165) is 12.8 Å². The summed E-state index contributed by atoms with van der Waals surface area (Å²) in [6.45, 7) is 8.48. The van der Waals surface area contributed by atoms with Gasteiger partial charge in [-0.3, -0.25) is 14.2 Å². The predicted octanol–water partition coefficient (Wildman–Crippen LogP) is 1.92. The van der Waals surface area contributed by atoms with E-state index in [1.807, 2.05) is 27.7 Å². The van der Waals surface area contributed by atoms with Crippen molar-refractivity contribution < 1.29 is 14.3 Å². The van der Waals surface area contributed by atoms with E-state index in [-0.39, 0.29) is 54.0 Å². The maximum Gasteiger partial charge on any atom is 0.327 e. The number of aryl methyl sites for hydroxylation is 1. The van der Waals surface area contributed by atoms with Crippen molar-refractivity contribution in [2.24, 2.45) is 0 Å². The molecule has 0 saturated heterocycles. The van der Waals surface area contributed by atoms with Crippen LogP contribution in [0.1, 0.15) is 66.2 Å². The molecule has 30 heavy (non-hydrogen) atoms. The number of amides is 1. The van der Waals surface area contributed by atoms with E-state index in [0.29, 0.717) is 30.7 Å². The first-order valence-electron chi connectivity index (χ1n) is 10.3. The fourth-order valence-electron chi connectivity index (χ4n) is 2.90. The Hall–Kier alpha value is -2.91. The molecule has 2 aromatic rings. The summed E-state index contributed by atoms with van der Waals surface area (Å²) in [4.78, 5) is 47.2. The zero-order chi connectivity index (χ0) is 22.3. The minimum absolute atomic E-state index is 0.0234. The topological polar surface area (TPSA) is 145 Å². The van der Waals surface area contributed by atoms with Crippen molar-refractivity contribution in [3.8, 4) is 6.01 Å². The number of ether oxygens (including phenoxy) is 1. The normalized spacial score (nSPS) is 11.6. The number of aromatic nitrogens is 4. The highest BCUT2D eigenvalue weighted by atomic mass is 16.5. The number of hydrogen-bond acceptors (Lipinski definition) is 7. The number of nitrogens with one attached hydrogen (secondary N) is 2. The van der Waals surface area contributed by atoms with E-state index in [4.69, 9.17) is 10.5 Å². The quantitative estimate of drug-likeness (QED) is 0.471. The van der Waals surface area contributed by atoms with Gasteiger partial charge in [-0.15, -0.1) is 0 Å². The average molecular weight is 421 g/mol. The number of carbonyl (C=O) groups is 2. The first-order valence-corrected chi connectivity index (χ1v) is 10.3. The molecular formula is C20H32N6O4. The second kappa shape index (κ2) is 10.2. The van der Waals surface area contributed by atoms with Crippen LogP contribution in [0.4, 0.5) is 5.82 Å². The molecule has 166 valence electrons. The number of imidazole rings is 1. The Morgan fingerprint density at radius 1 is 1.17 bits per heavy atom. The lowest BCUT2D eigenvalue weighted by Gasteiger charge is -2.20. The van der Waals surface area contributed by atoms with Crippen LogP contribution in [-0.2, 0) is 16.1 Å². The third-order valence-corrected chi connectivity index (χ3v) is 4.34. The van der Waals surface area contributed by atoms with Gasteiger partial charge in [0.2, 0.25) is 5.91 Å². The predicted molar refractivity (Wildman–Crippen MR) is 114 cm³/mol. The van der Waals surface area contributed by atoms with Gasteiger partial charge in [-0.25, -0.2) is 4.79 Å². The molecular weight excluding hydrogens is 388 g/mol. The number of anilines is 1. The van der Waals surface area contributed by atoms with Crippen molar-refractivity contribution in [3.05, 3.63) is 10.5 Å². The molecule has 0 radical (unpaired) electrons. The highest BCUT2D eigenvalue weighted by Gasteiger charge is 2.16. The zero-order valence-electron chi connectivity index (χ0n) is 18.2. The molecule has 0 spiro atoms. The number of carbonyl (C=O) groups excluding carboxylic acids is 2. The van der Waals surface area contributed by atoms with E-state index in [1.54, 1.807) is 0 Å². The Morgan fingerprint density at radius 2 is 1.90 bits per heavy atom. The molecule has 2 aromatic heterocycles. The Morgan fingerprint density at radius 3 is 2.57 bits per heavy atom. The number of hydrogen-bond donors (Lipinski definition) is 3. The van der Waals surface area contributed by atoms with E-state index in [1.165, 1.54) is 4.57 Å². The second-order valence-electron chi connectivity index (χ2n) is 8.31. The first kappa shape index (κ1) is 23.4. The molecule has 2 heterocycles. The summed E-state index contributed by atoms with van der Waals surface area (Å²) in [6.07, 6.45) is 2.88. The first-order chi connectivity index (χ1) is 14.1. The largest absolute Gasteiger partial charge is 0.463 e. The van der Waals surface area contributed by atoms with Crippen LogP contribution < -0.4 is 21.5 Å². The van der Waals surface area contributed by atoms with Gasteiger partial charge in [-0.2, -0.15) is 9.97 Å². The van der Waals surface area contributed by atoms with Gasteiger partial charge in [0.1, 0.15) is 11.3 Å². The molecule has 10 heteroatoms. The van der Waals surface area contributed by atoms with E-state index in [2.05, 4.69) is 20.3 Å².